The first-order valence-corrected chi connectivity index (χ1v) is 6.65. The Kier molecular flexibility index (Phi) is 4.52. The molecule has 1 aromatic carbocycles. The quantitative estimate of drug-likeness (QED) is 0.927. The SMILES string of the molecule is OC(COc1ccc(Cl)cc1)c1cnc(C(F)(F)F)s1. The molecule has 0 radical (unpaired) electrons. The lowest BCUT2D eigenvalue weighted by Crippen LogP contribution is -2.08. The van der Waals surface area contributed by atoms with Gasteiger partial charge in [0.1, 0.15) is 18.5 Å². The zero-order chi connectivity index (χ0) is 14.8. The van der Waals surface area contributed by atoms with E-state index in [-0.39, 0.29) is 11.5 Å². The standard InChI is InChI=1S/C12H9ClF3NO2S/c13-7-1-3-8(4-2-7)19-6-9(18)10-5-17-11(20-10)12(14,15)16/h1-5,9,18H,6H2. The van der Waals surface area contributed by atoms with Crippen LogP contribution >= 0.6 is 22.9 Å². The fraction of sp³-hybridized carbons (Fsp3) is 0.250. The molecule has 0 bridgehead atoms. The Hall–Kier alpha value is -1.31. The molecule has 1 unspecified atom stereocenters. The molecule has 0 aliphatic rings. The van der Waals surface area contributed by atoms with Crippen LogP contribution in [-0.4, -0.2) is 16.7 Å². The summed E-state index contributed by atoms with van der Waals surface area (Å²) in [5.41, 5.74) is 0. The maximum atomic E-state index is 12.4. The number of benzene rings is 1. The zero-order valence-corrected chi connectivity index (χ0v) is 11.5. The first-order chi connectivity index (χ1) is 9.36. The van der Waals surface area contributed by atoms with Crippen LogP contribution in [0.3, 0.4) is 0 Å². The van der Waals surface area contributed by atoms with Crippen molar-refractivity contribution in [1.82, 2.24) is 4.98 Å². The van der Waals surface area contributed by atoms with Crippen molar-refractivity contribution < 1.29 is 23.0 Å². The summed E-state index contributed by atoms with van der Waals surface area (Å²) in [4.78, 5) is 3.34. The molecule has 108 valence electrons. The molecular weight excluding hydrogens is 315 g/mol. The van der Waals surface area contributed by atoms with Crippen molar-refractivity contribution >= 4 is 22.9 Å². The lowest BCUT2D eigenvalue weighted by molar-refractivity contribution is -0.137. The van der Waals surface area contributed by atoms with Gasteiger partial charge in [-0.05, 0) is 24.3 Å². The molecule has 20 heavy (non-hydrogen) atoms. The first kappa shape index (κ1) is 15.1. The van der Waals surface area contributed by atoms with Crippen molar-refractivity contribution in [2.45, 2.75) is 12.3 Å². The van der Waals surface area contributed by atoms with Gasteiger partial charge in [-0.2, -0.15) is 13.2 Å². The van der Waals surface area contributed by atoms with Gasteiger partial charge in [0.25, 0.3) is 0 Å². The van der Waals surface area contributed by atoms with Crippen LogP contribution in [0.5, 0.6) is 5.75 Å². The molecule has 2 aromatic rings. The van der Waals surface area contributed by atoms with Crippen LogP contribution in [0.1, 0.15) is 16.0 Å². The average Bonchev–Trinajstić information content (AvgIpc) is 2.87. The highest BCUT2D eigenvalue weighted by atomic mass is 35.5. The van der Waals surface area contributed by atoms with Gasteiger partial charge >= 0.3 is 6.18 Å². The number of aromatic nitrogens is 1. The van der Waals surface area contributed by atoms with Crippen LogP contribution < -0.4 is 4.74 Å². The molecule has 1 heterocycles. The van der Waals surface area contributed by atoms with E-state index in [1.807, 2.05) is 0 Å². The smallest absolute Gasteiger partial charge is 0.443 e. The van der Waals surface area contributed by atoms with E-state index in [2.05, 4.69) is 4.98 Å². The molecule has 0 amide bonds. The van der Waals surface area contributed by atoms with Gasteiger partial charge in [-0.3, -0.25) is 0 Å². The summed E-state index contributed by atoms with van der Waals surface area (Å²) >= 11 is 6.10. The minimum absolute atomic E-state index is 0.103. The predicted molar refractivity (Wildman–Crippen MR) is 69.0 cm³/mol. The van der Waals surface area contributed by atoms with Crippen molar-refractivity contribution in [1.29, 1.82) is 0 Å². The first-order valence-electron chi connectivity index (χ1n) is 5.45. The second-order valence-corrected chi connectivity index (χ2v) is 5.34. The third-order valence-electron chi connectivity index (χ3n) is 2.32. The molecule has 0 aliphatic heterocycles. The van der Waals surface area contributed by atoms with Gasteiger partial charge in [0.2, 0.25) is 0 Å². The van der Waals surface area contributed by atoms with Crippen molar-refractivity contribution in [3.63, 3.8) is 0 Å². The predicted octanol–water partition coefficient (Wildman–Crippen LogP) is 3.93. The number of rotatable bonds is 4. The molecule has 2 rings (SSSR count). The monoisotopic (exact) mass is 323 g/mol. The maximum absolute atomic E-state index is 12.4. The Labute approximate surface area is 121 Å². The Balaban J connectivity index is 1.96. The number of alkyl halides is 3. The van der Waals surface area contributed by atoms with Gasteiger partial charge in [-0.25, -0.2) is 4.98 Å². The highest BCUT2D eigenvalue weighted by Gasteiger charge is 2.35. The van der Waals surface area contributed by atoms with Crippen LogP contribution in [0.15, 0.2) is 30.5 Å². The molecular formula is C12H9ClF3NO2S. The number of ether oxygens (including phenoxy) is 1. The van der Waals surface area contributed by atoms with Gasteiger partial charge < -0.3 is 9.84 Å². The van der Waals surface area contributed by atoms with Crippen molar-refractivity contribution in [3.8, 4) is 5.75 Å². The highest BCUT2D eigenvalue weighted by Crippen LogP contribution is 2.34. The second-order valence-electron chi connectivity index (χ2n) is 3.85. The van der Waals surface area contributed by atoms with E-state index in [0.717, 1.165) is 6.20 Å². The molecule has 0 saturated carbocycles. The van der Waals surface area contributed by atoms with Gasteiger partial charge in [0.05, 0.1) is 4.88 Å². The molecule has 0 saturated heterocycles. The fourth-order valence-corrected chi connectivity index (χ4v) is 2.24. The van der Waals surface area contributed by atoms with Crippen molar-refractivity contribution in [3.05, 3.63) is 45.4 Å². The summed E-state index contributed by atoms with van der Waals surface area (Å²) in [5.74, 6) is 0.467. The van der Waals surface area contributed by atoms with E-state index in [1.165, 1.54) is 0 Å². The summed E-state index contributed by atoms with van der Waals surface area (Å²) in [6.07, 6.45) is -4.66. The second kappa shape index (κ2) is 5.99. The Morgan fingerprint density at radius 2 is 1.95 bits per heavy atom. The average molecular weight is 324 g/mol. The van der Waals surface area contributed by atoms with Crippen LogP contribution in [0.25, 0.3) is 0 Å². The number of aliphatic hydroxyl groups is 1. The summed E-state index contributed by atoms with van der Waals surface area (Å²) in [6.45, 7) is -0.166. The molecule has 1 atom stereocenters. The van der Waals surface area contributed by atoms with E-state index in [9.17, 15) is 18.3 Å². The van der Waals surface area contributed by atoms with Crippen LogP contribution in [0.2, 0.25) is 5.02 Å². The minimum atomic E-state index is -4.50. The van der Waals surface area contributed by atoms with E-state index in [0.29, 0.717) is 22.1 Å². The Bertz CT molecular complexity index is 571. The van der Waals surface area contributed by atoms with Crippen molar-refractivity contribution in [2.24, 2.45) is 0 Å². The van der Waals surface area contributed by atoms with Gasteiger partial charge in [0, 0.05) is 11.2 Å². The van der Waals surface area contributed by atoms with E-state index >= 15 is 0 Å². The number of halogens is 4. The molecule has 1 N–H and O–H groups in total. The minimum Gasteiger partial charge on any atom is -0.490 e. The summed E-state index contributed by atoms with van der Waals surface area (Å²) < 4.78 is 42.4. The summed E-state index contributed by atoms with van der Waals surface area (Å²) in [6, 6.07) is 6.42. The van der Waals surface area contributed by atoms with Crippen LogP contribution in [0, 0.1) is 0 Å². The highest BCUT2D eigenvalue weighted by molar-refractivity contribution is 7.11. The number of aliphatic hydroxyl groups excluding tert-OH is 1. The van der Waals surface area contributed by atoms with Crippen LogP contribution in [0.4, 0.5) is 13.2 Å². The van der Waals surface area contributed by atoms with Crippen LogP contribution in [-0.2, 0) is 6.18 Å². The Morgan fingerprint density at radius 1 is 1.30 bits per heavy atom. The maximum Gasteiger partial charge on any atom is 0.443 e. The van der Waals surface area contributed by atoms with E-state index in [1.54, 1.807) is 24.3 Å². The molecule has 3 nitrogen and oxygen atoms in total. The number of hydrogen-bond donors (Lipinski definition) is 1. The lowest BCUT2D eigenvalue weighted by Gasteiger charge is -2.10. The van der Waals surface area contributed by atoms with Crippen molar-refractivity contribution in [2.75, 3.05) is 6.61 Å². The molecule has 0 spiro atoms. The number of hydrogen-bond acceptors (Lipinski definition) is 4. The third kappa shape index (κ3) is 3.84. The van der Waals surface area contributed by atoms with E-state index in [4.69, 9.17) is 16.3 Å². The molecule has 8 heteroatoms. The normalized spacial score (nSPS) is 13.2. The fourth-order valence-electron chi connectivity index (χ4n) is 1.36. The van der Waals surface area contributed by atoms with Gasteiger partial charge in [-0.1, -0.05) is 11.6 Å². The zero-order valence-electron chi connectivity index (χ0n) is 9.89. The molecule has 0 aliphatic carbocycles. The lowest BCUT2D eigenvalue weighted by atomic mass is 10.3. The summed E-state index contributed by atoms with van der Waals surface area (Å²) in [5, 5.41) is 9.32. The number of nitrogens with zero attached hydrogens (tertiary/aromatic N) is 1. The van der Waals surface area contributed by atoms with Gasteiger partial charge in [0.15, 0.2) is 5.01 Å². The topological polar surface area (TPSA) is 42.4 Å². The van der Waals surface area contributed by atoms with E-state index < -0.39 is 17.3 Å². The molecule has 1 aromatic heterocycles. The third-order valence-corrected chi connectivity index (χ3v) is 3.71. The summed E-state index contributed by atoms with van der Waals surface area (Å²) in [7, 11) is 0. The molecule has 0 fully saturated rings. The number of thiazole rings is 1. The largest absolute Gasteiger partial charge is 0.490 e. The Morgan fingerprint density at radius 3 is 2.50 bits per heavy atom. The van der Waals surface area contributed by atoms with Gasteiger partial charge in [-0.15, -0.1) is 11.3 Å².